The maximum Gasteiger partial charge on any atom is 0.228 e. The fourth-order valence-electron chi connectivity index (χ4n) is 4.12. The van der Waals surface area contributed by atoms with Crippen molar-refractivity contribution in [3.63, 3.8) is 0 Å². The van der Waals surface area contributed by atoms with E-state index in [9.17, 15) is 14.7 Å². The van der Waals surface area contributed by atoms with E-state index in [2.05, 4.69) is 0 Å². The SMILES string of the molecule is COc1ccc(C)cc1N1CC(C(=O)N(CC(O)c2ccccc2)C2CC2)CC1=O. The Labute approximate surface area is 177 Å². The Kier molecular flexibility index (Phi) is 5.77. The van der Waals surface area contributed by atoms with Gasteiger partial charge in [0.15, 0.2) is 0 Å². The average molecular weight is 408 g/mol. The molecule has 2 amide bonds. The monoisotopic (exact) mass is 408 g/mol. The Morgan fingerprint density at radius 1 is 1.23 bits per heavy atom. The molecule has 1 aliphatic heterocycles. The summed E-state index contributed by atoms with van der Waals surface area (Å²) in [5, 5.41) is 10.7. The maximum absolute atomic E-state index is 13.3. The van der Waals surface area contributed by atoms with Gasteiger partial charge in [0.05, 0.1) is 31.4 Å². The van der Waals surface area contributed by atoms with Gasteiger partial charge >= 0.3 is 0 Å². The highest BCUT2D eigenvalue weighted by atomic mass is 16.5. The van der Waals surface area contributed by atoms with Crippen LogP contribution in [0.4, 0.5) is 5.69 Å². The molecule has 6 nitrogen and oxygen atoms in total. The van der Waals surface area contributed by atoms with Crippen LogP contribution in [0.15, 0.2) is 48.5 Å². The number of ether oxygens (including phenoxy) is 1. The van der Waals surface area contributed by atoms with Crippen molar-refractivity contribution in [3.8, 4) is 5.75 Å². The Bertz CT molecular complexity index is 926. The molecule has 2 aromatic rings. The molecule has 2 aliphatic rings. The highest BCUT2D eigenvalue weighted by molar-refractivity contribution is 6.01. The van der Waals surface area contributed by atoms with Crippen LogP contribution in [0, 0.1) is 12.8 Å². The van der Waals surface area contributed by atoms with Crippen LogP contribution in [-0.4, -0.2) is 48.1 Å². The summed E-state index contributed by atoms with van der Waals surface area (Å²) in [7, 11) is 1.58. The molecule has 2 fully saturated rings. The Morgan fingerprint density at radius 2 is 1.97 bits per heavy atom. The highest BCUT2D eigenvalue weighted by Gasteiger charge is 2.42. The molecule has 1 heterocycles. The minimum atomic E-state index is -0.735. The number of carbonyl (C=O) groups excluding carboxylic acids is 2. The lowest BCUT2D eigenvalue weighted by Crippen LogP contribution is -2.41. The van der Waals surface area contributed by atoms with E-state index < -0.39 is 12.0 Å². The van der Waals surface area contributed by atoms with Crippen LogP contribution < -0.4 is 9.64 Å². The molecule has 2 atom stereocenters. The van der Waals surface area contributed by atoms with Gasteiger partial charge in [0.25, 0.3) is 0 Å². The number of aliphatic hydroxyl groups is 1. The molecule has 4 rings (SSSR count). The summed E-state index contributed by atoms with van der Waals surface area (Å²) < 4.78 is 5.43. The van der Waals surface area contributed by atoms with Crippen molar-refractivity contribution in [2.45, 2.75) is 38.3 Å². The van der Waals surface area contributed by atoms with Crippen molar-refractivity contribution in [3.05, 3.63) is 59.7 Å². The van der Waals surface area contributed by atoms with Gasteiger partial charge in [-0.25, -0.2) is 0 Å². The van der Waals surface area contributed by atoms with Crippen LogP contribution in [0.5, 0.6) is 5.75 Å². The number of anilines is 1. The number of methoxy groups -OCH3 is 1. The lowest BCUT2D eigenvalue weighted by molar-refractivity contribution is -0.137. The maximum atomic E-state index is 13.3. The number of nitrogens with zero attached hydrogens (tertiary/aromatic N) is 2. The fraction of sp³-hybridized carbons (Fsp3) is 0.417. The topological polar surface area (TPSA) is 70.1 Å². The van der Waals surface area contributed by atoms with Crippen molar-refractivity contribution >= 4 is 17.5 Å². The molecule has 1 aliphatic carbocycles. The summed E-state index contributed by atoms with van der Waals surface area (Å²) in [5.74, 6) is 0.0958. The van der Waals surface area contributed by atoms with E-state index in [-0.39, 0.29) is 30.8 Å². The van der Waals surface area contributed by atoms with Crippen LogP contribution in [0.3, 0.4) is 0 Å². The largest absolute Gasteiger partial charge is 0.495 e. The van der Waals surface area contributed by atoms with Crippen LogP contribution in [0.2, 0.25) is 0 Å². The van der Waals surface area contributed by atoms with Gasteiger partial charge < -0.3 is 19.6 Å². The number of carbonyl (C=O) groups is 2. The smallest absolute Gasteiger partial charge is 0.228 e. The second-order valence-electron chi connectivity index (χ2n) is 8.23. The average Bonchev–Trinajstić information content (AvgIpc) is 3.53. The van der Waals surface area contributed by atoms with E-state index in [1.807, 2.05) is 55.5 Å². The van der Waals surface area contributed by atoms with Crippen molar-refractivity contribution in [2.75, 3.05) is 25.1 Å². The Balaban J connectivity index is 1.50. The Hall–Kier alpha value is -2.86. The van der Waals surface area contributed by atoms with Crippen LogP contribution in [0.25, 0.3) is 0 Å². The second-order valence-corrected chi connectivity index (χ2v) is 8.23. The van der Waals surface area contributed by atoms with Crippen LogP contribution >= 0.6 is 0 Å². The second kappa shape index (κ2) is 8.48. The lowest BCUT2D eigenvalue weighted by Gasteiger charge is -2.28. The molecule has 158 valence electrons. The zero-order valence-corrected chi connectivity index (χ0v) is 17.5. The predicted molar refractivity (Wildman–Crippen MR) is 114 cm³/mol. The number of hydrogen-bond donors (Lipinski definition) is 1. The summed E-state index contributed by atoms with van der Waals surface area (Å²) in [5.41, 5.74) is 2.53. The van der Waals surface area contributed by atoms with Gasteiger partial charge in [-0.3, -0.25) is 9.59 Å². The molecule has 1 saturated carbocycles. The van der Waals surface area contributed by atoms with E-state index in [1.54, 1.807) is 16.9 Å². The number of aliphatic hydroxyl groups excluding tert-OH is 1. The first-order valence-electron chi connectivity index (χ1n) is 10.5. The standard InChI is InChI=1S/C24H28N2O4/c1-16-8-11-22(30-2)20(12-16)26-14-18(13-23(26)28)24(29)25(19-9-10-19)15-21(27)17-6-4-3-5-7-17/h3-8,11-12,18-19,21,27H,9-10,13-15H2,1-2H3. The van der Waals surface area contributed by atoms with Crippen molar-refractivity contribution in [1.29, 1.82) is 0 Å². The molecule has 0 spiro atoms. The molecular formula is C24H28N2O4. The van der Waals surface area contributed by atoms with E-state index in [0.29, 0.717) is 18.0 Å². The first-order chi connectivity index (χ1) is 14.5. The number of hydrogen-bond acceptors (Lipinski definition) is 4. The third kappa shape index (κ3) is 4.19. The molecule has 2 unspecified atom stereocenters. The molecule has 0 radical (unpaired) electrons. The first-order valence-corrected chi connectivity index (χ1v) is 10.5. The van der Waals surface area contributed by atoms with Gasteiger partial charge in [-0.15, -0.1) is 0 Å². The van der Waals surface area contributed by atoms with E-state index >= 15 is 0 Å². The molecule has 2 aromatic carbocycles. The molecule has 0 aromatic heterocycles. The van der Waals surface area contributed by atoms with Crippen LogP contribution in [-0.2, 0) is 9.59 Å². The van der Waals surface area contributed by atoms with Gasteiger partial charge in [-0.1, -0.05) is 36.4 Å². The summed E-state index contributed by atoms with van der Waals surface area (Å²) in [6.07, 6.45) is 1.34. The molecule has 30 heavy (non-hydrogen) atoms. The van der Waals surface area contributed by atoms with Crippen molar-refractivity contribution < 1.29 is 19.4 Å². The molecular weight excluding hydrogens is 380 g/mol. The van der Waals surface area contributed by atoms with Gasteiger partial charge in [-0.05, 0) is 43.0 Å². The van der Waals surface area contributed by atoms with E-state index in [1.165, 1.54) is 0 Å². The minimum Gasteiger partial charge on any atom is -0.495 e. The van der Waals surface area contributed by atoms with Gasteiger partial charge in [0.2, 0.25) is 11.8 Å². The van der Waals surface area contributed by atoms with E-state index in [0.717, 1.165) is 24.0 Å². The van der Waals surface area contributed by atoms with Crippen LogP contribution in [0.1, 0.15) is 36.5 Å². The third-order valence-corrected chi connectivity index (χ3v) is 5.92. The first kappa shape index (κ1) is 20.4. The summed E-state index contributed by atoms with van der Waals surface area (Å²) in [6.45, 7) is 2.56. The number of rotatable bonds is 7. The third-order valence-electron chi connectivity index (χ3n) is 5.92. The van der Waals surface area contributed by atoms with Gasteiger partial charge in [0, 0.05) is 19.0 Å². The van der Waals surface area contributed by atoms with Gasteiger partial charge in [-0.2, -0.15) is 0 Å². The Morgan fingerprint density at radius 3 is 2.63 bits per heavy atom. The van der Waals surface area contributed by atoms with Crippen molar-refractivity contribution in [2.24, 2.45) is 5.92 Å². The summed E-state index contributed by atoms with van der Waals surface area (Å²) in [6, 6.07) is 15.3. The van der Waals surface area contributed by atoms with E-state index in [4.69, 9.17) is 4.74 Å². The number of amides is 2. The zero-order valence-electron chi connectivity index (χ0n) is 17.5. The number of benzene rings is 2. The predicted octanol–water partition coefficient (Wildman–Crippen LogP) is 3.08. The van der Waals surface area contributed by atoms with Crippen molar-refractivity contribution in [1.82, 2.24) is 4.90 Å². The quantitative estimate of drug-likeness (QED) is 0.764. The summed E-state index contributed by atoms with van der Waals surface area (Å²) >= 11 is 0. The van der Waals surface area contributed by atoms with Gasteiger partial charge in [0.1, 0.15) is 5.75 Å². The lowest BCUT2D eigenvalue weighted by atomic mass is 10.0. The zero-order chi connectivity index (χ0) is 21.3. The minimum absolute atomic E-state index is 0.0463. The molecule has 6 heteroatoms. The molecule has 0 bridgehead atoms. The highest BCUT2D eigenvalue weighted by Crippen LogP contribution is 2.36. The molecule has 1 N–H and O–H groups in total. The fourth-order valence-corrected chi connectivity index (χ4v) is 4.12. The normalized spacial score (nSPS) is 19.6. The molecule has 1 saturated heterocycles. The summed E-state index contributed by atoms with van der Waals surface area (Å²) in [4.78, 5) is 29.6. The number of aryl methyl sites for hydroxylation is 1.